The number of para-hydroxylation sites is 1. The summed E-state index contributed by atoms with van der Waals surface area (Å²) in [4.78, 5) is 0. The second kappa shape index (κ2) is 9.10. The van der Waals surface area contributed by atoms with Gasteiger partial charge < -0.3 is 10.1 Å². The fourth-order valence-corrected chi connectivity index (χ4v) is 1.43. The van der Waals surface area contributed by atoms with Gasteiger partial charge in [0.2, 0.25) is 0 Å². The van der Waals surface area contributed by atoms with Crippen LogP contribution in [0.4, 0.5) is 0 Å². The van der Waals surface area contributed by atoms with Gasteiger partial charge in [0.25, 0.3) is 0 Å². The van der Waals surface area contributed by atoms with E-state index in [9.17, 15) is 0 Å². The average molecular weight is 277 g/mol. The Morgan fingerprint density at radius 2 is 2.26 bits per heavy atom. The third kappa shape index (κ3) is 6.01. The first-order valence-electron chi connectivity index (χ1n) is 6.17. The van der Waals surface area contributed by atoms with Gasteiger partial charge in [-0.05, 0) is 30.8 Å². The Hall–Kier alpha value is -1.88. The number of rotatable bonds is 7. The van der Waals surface area contributed by atoms with E-state index in [0.29, 0.717) is 18.3 Å². The van der Waals surface area contributed by atoms with Crippen LogP contribution < -0.4 is 15.5 Å². The lowest BCUT2D eigenvalue weighted by molar-refractivity contribution is 0.317. The van der Waals surface area contributed by atoms with Crippen LogP contribution in [0.2, 0.25) is 0 Å². The van der Waals surface area contributed by atoms with Gasteiger partial charge >= 0.3 is 0 Å². The van der Waals surface area contributed by atoms with Gasteiger partial charge in [-0.3, -0.25) is 5.43 Å². The molecule has 0 saturated heterocycles. The highest BCUT2D eigenvalue weighted by Gasteiger charge is 1.99. The van der Waals surface area contributed by atoms with Crippen molar-refractivity contribution in [2.24, 2.45) is 5.10 Å². The average Bonchev–Trinajstić information content (AvgIpc) is 2.44. The molecule has 0 radical (unpaired) electrons. The molecular weight excluding hydrogens is 258 g/mol. The van der Waals surface area contributed by atoms with Crippen molar-refractivity contribution >= 4 is 23.5 Å². The van der Waals surface area contributed by atoms with Crippen molar-refractivity contribution in [2.45, 2.75) is 13.3 Å². The molecule has 0 aliphatic rings. The summed E-state index contributed by atoms with van der Waals surface area (Å²) in [5.74, 6) is 0.819. The number of thiocarbonyl (C=S) groups is 1. The Morgan fingerprint density at radius 1 is 1.47 bits per heavy atom. The van der Waals surface area contributed by atoms with Gasteiger partial charge in [0.1, 0.15) is 5.75 Å². The Bertz CT molecular complexity index is 446. The smallest absolute Gasteiger partial charge is 0.187 e. The Kier molecular flexibility index (Phi) is 7.27. The number of ether oxygens (including phenoxy) is 1. The molecule has 0 unspecified atom stereocenters. The van der Waals surface area contributed by atoms with Gasteiger partial charge in [-0.25, -0.2) is 0 Å². The lowest BCUT2D eigenvalue weighted by Gasteiger charge is -2.07. The monoisotopic (exact) mass is 277 g/mol. The molecule has 0 fully saturated rings. The lowest BCUT2D eigenvalue weighted by atomic mass is 10.2. The van der Waals surface area contributed by atoms with Gasteiger partial charge in [-0.2, -0.15) is 5.10 Å². The summed E-state index contributed by atoms with van der Waals surface area (Å²) in [5, 5.41) is 7.46. The van der Waals surface area contributed by atoms with Gasteiger partial charge in [-0.1, -0.05) is 25.1 Å². The van der Waals surface area contributed by atoms with E-state index >= 15 is 0 Å². The van der Waals surface area contributed by atoms with Crippen LogP contribution in [0.3, 0.4) is 0 Å². The number of hydrogen-bond donors (Lipinski definition) is 2. The predicted octanol–water partition coefficient (Wildman–Crippen LogP) is 2.46. The van der Waals surface area contributed by atoms with Crippen molar-refractivity contribution in [3.05, 3.63) is 42.5 Å². The van der Waals surface area contributed by atoms with Crippen LogP contribution >= 0.6 is 12.2 Å². The fourth-order valence-electron chi connectivity index (χ4n) is 1.30. The number of nitrogens with zero attached hydrogens (tertiary/aromatic N) is 1. The van der Waals surface area contributed by atoms with Crippen LogP contribution in [0.5, 0.6) is 5.75 Å². The molecule has 0 aromatic heterocycles. The van der Waals surface area contributed by atoms with Crippen LogP contribution in [0.25, 0.3) is 0 Å². The van der Waals surface area contributed by atoms with Crippen molar-refractivity contribution in [3.63, 3.8) is 0 Å². The maximum Gasteiger partial charge on any atom is 0.187 e. The SMILES string of the molecule is C=CCNC(=S)N/N=C\c1ccccc1OCCC. The van der Waals surface area contributed by atoms with E-state index in [1.807, 2.05) is 24.3 Å². The molecule has 2 N–H and O–H groups in total. The van der Waals surface area contributed by atoms with E-state index in [-0.39, 0.29) is 0 Å². The molecule has 1 aromatic rings. The predicted molar refractivity (Wildman–Crippen MR) is 83.8 cm³/mol. The maximum absolute atomic E-state index is 5.63. The number of benzene rings is 1. The van der Waals surface area contributed by atoms with E-state index in [0.717, 1.165) is 17.7 Å². The van der Waals surface area contributed by atoms with Crippen LogP contribution in [0.15, 0.2) is 42.0 Å². The zero-order chi connectivity index (χ0) is 13.9. The van der Waals surface area contributed by atoms with Crippen molar-refractivity contribution < 1.29 is 4.74 Å². The Labute approximate surface area is 119 Å². The fraction of sp³-hybridized carbons (Fsp3) is 0.286. The standard InChI is InChI=1S/C14H19N3OS/c1-3-9-15-14(19)17-16-11-12-7-5-6-8-13(12)18-10-4-2/h3,5-8,11H,1,4,9-10H2,2H3,(H2,15,17,19)/b16-11-. The van der Waals surface area contributed by atoms with E-state index in [2.05, 4.69) is 29.3 Å². The molecule has 0 amide bonds. The molecule has 0 bridgehead atoms. The minimum Gasteiger partial charge on any atom is -0.493 e. The van der Waals surface area contributed by atoms with Gasteiger partial charge in [0.15, 0.2) is 5.11 Å². The summed E-state index contributed by atoms with van der Waals surface area (Å²) in [5.41, 5.74) is 3.65. The molecule has 0 heterocycles. The first kappa shape index (κ1) is 15.2. The summed E-state index contributed by atoms with van der Waals surface area (Å²) in [6.07, 6.45) is 4.39. The van der Waals surface area contributed by atoms with Crippen molar-refractivity contribution in [2.75, 3.05) is 13.2 Å². The normalized spacial score (nSPS) is 10.2. The van der Waals surface area contributed by atoms with Gasteiger partial charge in [0, 0.05) is 12.1 Å². The minimum absolute atomic E-state index is 0.461. The van der Waals surface area contributed by atoms with Crippen LogP contribution in [0.1, 0.15) is 18.9 Å². The van der Waals surface area contributed by atoms with Crippen LogP contribution in [-0.4, -0.2) is 24.5 Å². The zero-order valence-electron chi connectivity index (χ0n) is 11.1. The summed E-state index contributed by atoms with van der Waals surface area (Å²) >= 11 is 5.02. The molecule has 4 nitrogen and oxygen atoms in total. The highest BCUT2D eigenvalue weighted by atomic mass is 32.1. The van der Waals surface area contributed by atoms with E-state index in [1.54, 1.807) is 12.3 Å². The number of nitrogens with one attached hydrogen (secondary N) is 2. The maximum atomic E-state index is 5.63. The summed E-state index contributed by atoms with van der Waals surface area (Å²) in [6, 6.07) is 7.74. The number of hydrazone groups is 1. The molecule has 0 spiro atoms. The van der Waals surface area contributed by atoms with Crippen molar-refractivity contribution in [3.8, 4) is 5.75 Å². The third-order valence-electron chi connectivity index (χ3n) is 2.16. The summed E-state index contributed by atoms with van der Waals surface area (Å²) < 4.78 is 5.63. The molecular formula is C14H19N3OS. The van der Waals surface area contributed by atoms with Crippen molar-refractivity contribution in [1.82, 2.24) is 10.7 Å². The van der Waals surface area contributed by atoms with Gasteiger partial charge in [-0.15, -0.1) is 6.58 Å². The van der Waals surface area contributed by atoms with Crippen LogP contribution in [0, 0.1) is 0 Å². The van der Waals surface area contributed by atoms with Crippen LogP contribution in [-0.2, 0) is 0 Å². The highest BCUT2D eigenvalue weighted by molar-refractivity contribution is 7.80. The second-order valence-electron chi connectivity index (χ2n) is 3.75. The Balaban J connectivity index is 2.55. The number of hydrogen-bond acceptors (Lipinski definition) is 3. The molecule has 1 rings (SSSR count). The molecule has 19 heavy (non-hydrogen) atoms. The zero-order valence-corrected chi connectivity index (χ0v) is 11.9. The Morgan fingerprint density at radius 3 is 3.00 bits per heavy atom. The first-order chi connectivity index (χ1) is 9.27. The second-order valence-corrected chi connectivity index (χ2v) is 4.16. The largest absolute Gasteiger partial charge is 0.493 e. The topological polar surface area (TPSA) is 45.7 Å². The minimum atomic E-state index is 0.461. The third-order valence-corrected chi connectivity index (χ3v) is 2.39. The molecule has 0 aliphatic carbocycles. The molecule has 1 aromatic carbocycles. The first-order valence-corrected chi connectivity index (χ1v) is 6.58. The molecule has 0 atom stereocenters. The summed E-state index contributed by atoms with van der Waals surface area (Å²) in [7, 11) is 0. The van der Waals surface area contributed by atoms with E-state index in [4.69, 9.17) is 17.0 Å². The molecule has 5 heteroatoms. The highest BCUT2D eigenvalue weighted by Crippen LogP contribution is 2.15. The summed E-state index contributed by atoms with van der Waals surface area (Å²) in [6.45, 7) is 6.97. The van der Waals surface area contributed by atoms with E-state index < -0.39 is 0 Å². The molecule has 0 aliphatic heterocycles. The molecule has 102 valence electrons. The quantitative estimate of drug-likeness (QED) is 0.348. The molecule has 0 saturated carbocycles. The van der Waals surface area contributed by atoms with E-state index in [1.165, 1.54) is 0 Å². The lowest BCUT2D eigenvalue weighted by Crippen LogP contribution is -2.31. The van der Waals surface area contributed by atoms with Crippen molar-refractivity contribution in [1.29, 1.82) is 0 Å². The van der Waals surface area contributed by atoms with Gasteiger partial charge in [0.05, 0.1) is 12.8 Å².